The van der Waals surface area contributed by atoms with Gasteiger partial charge in [-0.2, -0.15) is 0 Å². The normalized spacial score (nSPS) is 10.6. The third-order valence-electron chi connectivity index (χ3n) is 3.69. The molecule has 0 fully saturated rings. The summed E-state index contributed by atoms with van der Waals surface area (Å²) in [6.45, 7) is 0.718. The molecule has 0 atom stereocenters. The van der Waals surface area contributed by atoms with Crippen LogP contribution in [0.25, 0.3) is 6.08 Å². The van der Waals surface area contributed by atoms with Crippen molar-refractivity contribution in [2.24, 2.45) is 5.73 Å². The number of nitrogens with two attached hydrogens (primary N) is 1. The summed E-state index contributed by atoms with van der Waals surface area (Å²) >= 11 is 0. The number of methoxy groups -OCH3 is 1. The first kappa shape index (κ1) is 18.3. The molecule has 2 amide bonds. The number of carbonyl (C=O) groups excluding carboxylic acids is 2. The molecule has 0 radical (unpaired) electrons. The lowest BCUT2D eigenvalue weighted by Crippen LogP contribution is -2.32. The van der Waals surface area contributed by atoms with Crippen LogP contribution < -0.4 is 10.5 Å². The van der Waals surface area contributed by atoms with E-state index in [1.54, 1.807) is 18.1 Å². The lowest BCUT2D eigenvalue weighted by atomic mass is 10.2. The van der Waals surface area contributed by atoms with E-state index in [1.165, 1.54) is 6.08 Å². The summed E-state index contributed by atoms with van der Waals surface area (Å²) in [4.78, 5) is 25.2. The molecule has 2 N–H and O–H groups in total. The zero-order valence-electron chi connectivity index (χ0n) is 14.2. The van der Waals surface area contributed by atoms with Crippen LogP contribution in [0, 0.1) is 0 Å². The molecule has 0 saturated carbocycles. The van der Waals surface area contributed by atoms with Gasteiger partial charge >= 0.3 is 0 Å². The van der Waals surface area contributed by atoms with E-state index in [0.29, 0.717) is 6.54 Å². The highest BCUT2D eigenvalue weighted by Gasteiger charge is 2.12. The maximum atomic E-state index is 12.5. The van der Waals surface area contributed by atoms with Gasteiger partial charge in [0.25, 0.3) is 0 Å². The Kier molecular flexibility index (Phi) is 6.77. The van der Waals surface area contributed by atoms with E-state index in [2.05, 4.69) is 0 Å². The van der Waals surface area contributed by atoms with Crippen LogP contribution in [0.1, 0.15) is 17.5 Å². The smallest absolute Gasteiger partial charge is 0.246 e. The van der Waals surface area contributed by atoms with Gasteiger partial charge in [0.1, 0.15) is 5.75 Å². The van der Waals surface area contributed by atoms with Gasteiger partial charge in [-0.25, -0.2) is 0 Å². The Morgan fingerprint density at radius 1 is 1.08 bits per heavy atom. The summed E-state index contributed by atoms with van der Waals surface area (Å²) in [5.74, 6) is 0.168. The summed E-state index contributed by atoms with van der Waals surface area (Å²) in [5, 5.41) is 0. The first-order valence-electron chi connectivity index (χ1n) is 8.02. The summed E-state index contributed by atoms with van der Waals surface area (Å²) in [7, 11) is 1.61. The van der Waals surface area contributed by atoms with Crippen molar-refractivity contribution in [2.75, 3.05) is 13.7 Å². The summed E-state index contributed by atoms with van der Waals surface area (Å²) in [5.41, 5.74) is 7.11. The quantitative estimate of drug-likeness (QED) is 0.752. The topological polar surface area (TPSA) is 72.6 Å². The SMILES string of the molecule is COc1ccc(/C=C/C(=O)N(CCC(N)=O)Cc2ccccc2)cc1. The Labute approximate surface area is 147 Å². The van der Waals surface area contributed by atoms with Crippen molar-refractivity contribution < 1.29 is 14.3 Å². The summed E-state index contributed by atoms with van der Waals surface area (Å²) in [6.07, 6.45) is 3.38. The fourth-order valence-electron chi connectivity index (χ4n) is 2.30. The van der Waals surface area contributed by atoms with Gasteiger partial charge < -0.3 is 15.4 Å². The van der Waals surface area contributed by atoms with Crippen molar-refractivity contribution in [3.05, 3.63) is 71.8 Å². The molecule has 0 aliphatic rings. The minimum atomic E-state index is -0.426. The molecule has 2 rings (SSSR count). The van der Waals surface area contributed by atoms with Gasteiger partial charge in [-0.1, -0.05) is 42.5 Å². The van der Waals surface area contributed by atoms with Gasteiger partial charge in [-0.3, -0.25) is 9.59 Å². The number of carbonyl (C=O) groups is 2. The first-order valence-corrected chi connectivity index (χ1v) is 8.02. The molecule has 0 aliphatic carbocycles. The molecule has 2 aromatic carbocycles. The highest BCUT2D eigenvalue weighted by molar-refractivity contribution is 5.92. The molecule has 0 aliphatic heterocycles. The van der Waals surface area contributed by atoms with E-state index >= 15 is 0 Å². The van der Waals surface area contributed by atoms with E-state index in [4.69, 9.17) is 10.5 Å². The van der Waals surface area contributed by atoms with Crippen molar-refractivity contribution in [3.63, 3.8) is 0 Å². The molecule has 0 spiro atoms. The van der Waals surface area contributed by atoms with E-state index in [0.717, 1.165) is 16.9 Å². The number of primary amides is 1. The standard InChI is InChI=1S/C20H22N2O3/c1-25-18-10-7-16(8-11-18)9-12-20(24)22(14-13-19(21)23)15-17-5-3-2-4-6-17/h2-12H,13-15H2,1H3,(H2,21,23)/b12-9+. The molecular weight excluding hydrogens is 316 g/mol. The Morgan fingerprint density at radius 2 is 1.76 bits per heavy atom. The van der Waals surface area contributed by atoms with Gasteiger partial charge in [0.2, 0.25) is 11.8 Å². The monoisotopic (exact) mass is 338 g/mol. The molecule has 5 heteroatoms. The molecule has 5 nitrogen and oxygen atoms in total. The minimum absolute atomic E-state index is 0.134. The van der Waals surface area contributed by atoms with Crippen LogP contribution >= 0.6 is 0 Å². The Morgan fingerprint density at radius 3 is 2.36 bits per heavy atom. The van der Waals surface area contributed by atoms with Gasteiger partial charge in [0.15, 0.2) is 0 Å². The third kappa shape index (κ3) is 6.14. The van der Waals surface area contributed by atoms with Crippen LogP contribution in [0.5, 0.6) is 5.75 Å². The molecule has 0 aromatic heterocycles. The van der Waals surface area contributed by atoms with E-state index in [-0.39, 0.29) is 18.9 Å². The molecule has 0 bridgehead atoms. The third-order valence-corrected chi connectivity index (χ3v) is 3.69. The van der Waals surface area contributed by atoms with Crippen LogP contribution in [0.4, 0.5) is 0 Å². The molecule has 0 saturated heterocycles. The van der Waals surface area contributed by atoms with Crippen molar-refractivity contribution in [1.29, 1.82) is 0 Å². The van der Waals surface area contributed by atoms with Crippen LogP contribution in [-0.4, -0.2) is 30.4 Å². The maximum absolute atomic E-state index is 12.5. The van der Waals surface area contributed by atoms with Crippen LogP contribution in [0.3, 0.4) is 0 Å². The van der Waals surface area contributed by atoms with E-state index in [1.807, 2.05) is 54.6 Å². The van der Waals surface area contributed by atoms with Crippen LogP contribution in [-0.2, 0) is 16.1 Å². The van der Waals surface area contributed by atoms with Gasteiger partial charge in [0, 0.05) is 25.6 Å². The van der Waals surface area contributed by atoms with E-state index in [9.17, 15) is 9.59 Å². The Hall–Kier alpha value is -3.08. The number of rotatable bonds is 8. The lowest BCUT2D eigenvalue weighted by molar-refractivity contribution is -0.127. The molecule has 0 unspecified atom stereocenters. The Bertz CT molecular complexity index is 724. The number of amides is 2. The molecule has 2 aromatic rings. The minimum Gasteiger partial charge on any atom is -0.497 e. The second-order valence-electron chi connectivity index (χ2n) is 5.57. The maximum Gasteiger partial charge on any atom is 0.246 e. The zero-order chi connectivity index (χ0) is 18.1. The Balaban J connectivity index is 2.07. The van der Waals surface area contributed by atoms with E-state index < -0.39 is 5.91 Å². The fraction of sp³-hybridized carbons (Fsp3) is 0.200. The van der Waals surface area contributed by atoms with Gasteiger partial charge in [-0.05, 0) is 29.3 Å². The van der Waals surface area contributed by atoms with Gasteiger partial charge in [0.05, 0.1) is 7.11 Å². The molecular formula is C20H22N2O3. The molecule has 130 valence electrons. The van der Waals surface area contributed by atoms with Crippen molar-refractivity contribution in [1.82, 2.24) is 4.90 Å². The molecule has 0 heterocycles. The first-order chi connectivity index (χ1) is 12.1. The number of hydrogen-bond donors (Lipinski definition) is 1. The second-order valence-corrected chi connectivity index (χ2v) is 5.57. The number of nitrogens with zero attached hydrogens (tertiary/aromatic N) is 1. The largest absolute Gasteiger partial charge is 0.497 e. The van der Waals surface area contributed by atoms with Gasteiger partial charge in [-0.15, -0.1) is 0 Å². The summed E-state index contributed by atoms with van der Waals surface area (Å²) < 4.78 is 5.11. The predicted molar refractivity (Wildman–Crippen MR) is 97.7 cm³/mol. The van der Waals surface area contributed by atoms with Crippen molar-refractivity contribution in [2.45, 2.75) is 13.0 Å². The number of benzene rings is 2. The second kappa shape index (κ2) is 9.27. The highest BCUT2D eigenvalue weighted by Crippen LogP contribution is 2.13. The highest BCUT2D eigenvalue weighted by atomic mass is 16.5. The number of hydrogen-bond acceptors (Lipinski definition) is 3. The van der Waals surface area contributed by atoms with Crippen LogP contribution in [0.15, 0.2) is 60.7 Å². The number of ether oxygens (including phenoxy) is 1. The zero-order valence-corrected chi connectivity index (χ0v) is 14.2. The predicted octanol–water partition coefficient (Wildman–Crippen LogP) is 2.61. The van der Waals surface area contributed by atoms with Crippen LogP contribution in [0.2, 0.25) is 0 Å². The van der Waals surface area contributed by atoms with Crippen molar-refractivity contribution >= 4 is 17.9 Å². The lowest BCUT2D eigenvalue weighted by Gasteiger charge is -2.20. The fourth-order valence-corrected chi connectivity index (χ4v) is 2.30. The summed E-state index contributed by atoms with van der Waals surface area (Å²) in [6, 6.07) is 17.0. The average Bonchev–Trinajstić information content (AvgIpc) is 2.64. The van der Waals surface area contributed by atoms with Crippen molar-refractivity contribution in [3.8, 4) is 5.75 Å². The molecule has 25 heavy (non-hydrogen) atoms. The average molecular weight is 338 g/mol.